The topological polar surface area (TPSA) is 73.6 Å². The monoisotopic (exact) mass is 260 g/mol. The third kappa shape index (κ3) is 2.37. The Morgan fingerprint density at radius 3 is 2.84 bits per heavy atom. The Hall–Kier alpha value is -2.50. The Bertz CT molecular complexity index is 621. The van der Waals surface area contributed by atoms with E-state index in [0.29, 0.717) is 19.0 Å². The fraction of sp³-hybridized carbons (Fsp3) is 0.231. The van der Waals surface area contributed by atoms with Crippen molar-refractivity contribution in [2.75, 3.05) is 13.2 Å². The first-order valence-electron chi connectivity index (χ1n) is 5.86. The molecule has 0 bridgehead atoms. The van der Waals surface area contributed by atoms with Crippen molar-refractivity contribution in [1.82, 2.24) is 9.78 Å². The van der Waals surface area contributed by atoms with Gasteiger partial charge in [-0.1, -0.05) is 6.07 Å². The highest BCUT2D eigenvalue weighted by molar-refractivity contribution is 5.68. The molecule has 1 aliphatic heterocycles. The molecule has 6 heteroatoms. The Balaban J connectivity index is 1.89. The molecule has 0 saturated heterocycles. The minimum absolute atomic E-state index is 0.148. The smallest absolute Gasteiger partial charge is 0.325 e. The van der Waals surface area contributed by atoms with Gasteiger partial charge in [0.2, 0.25) is 0 Å². The van der Waals surface area contributed by atoms with Crippen LogP contribution in [0.1, 0.15) is 0 Å². The van der Waals surface area contributed by atoms with Crippen LogP contribution in [0.2, 0.25) is 0 Å². The number of nitrogens with zero attached hydrogens (tertiary/aromatic N) is 2. The fourth-order valence-corrected chi connectivity index (χ4v) is 1.96. The van der Waals surface area contributed by atoms with Crippen molar-refractivity contribution in [1.29, 1.82) is 0 Å². The molecule has 1 aliphatic rings. The van der Waals surface area contributed by atoms with Crippen molar-refractivity contribution < 1.29 is 19.4 Å². The van der Waals surface area contributed by atoms with Crippen molar-refractivity contribution >= 4 is 5.97 Å². The van der Waals surface area contributed by atoms with Gasteiger partial charge < -0.3 is 14.6 Å². The van der Waals surface area contributed by atoms with Gasteiger partial charge in [-0.2, -0.15) is 5.10 Å². The highest BCUT2D eigenvalue weighted by Crippen LogP contribution is 2.34. The lowest BCUT2D eigenvalue weighted by atomic mass is 10.1. The zero-order valence-electron chi connectivity index (χ0n) is 10.1. The van der Waals surface area contributed by atoms with E-state index in [1.165, 1.54) is 4.68 Å². The lowest BCUT2D eigenvalue weighted by molar-refractivity contribution is -0.137. The van der Waals surface area contributed by atoms with E-state index in [0.717, 1.165) is 16.9 Å². The maximum absolute atomic E-state index is 10.6. The van der Waals surface area contributed by atoms with Crippen LogP contribution in [0, 0.1) is 0 Å². The zero-order chi connectivity index (χ0) is 13.2. The van der Waals surface area contributed by atoms with Gasteiger partial charge in [-0.3, -0.25) is 9.48 Å². The Labute approximate surface area is 109 Å². The number of ether oxygens (including phenoxy) is 2. The molecule has 3 rings (SSSR count). The summed E-state index contributed by atoms with van der Waals surface area (Å²) in [6.07, 6.45) is 3.33. The molecule has 0 fully saturated rings. The average Bonchev–Trinajstić information content (AvgIpc) is 2.86. The zero-order valence-corrected chi connectivity index (χ0v) is 10.1. The standard InChI is InChI=1S/C13H12N2O4/c16-13(17)8-15-7-10(6-14-15)9-1-2-11-12(5-9)19-4-3-18-11/h1-2,5-7H,3-4,8H2,(H,16,17). The number of carboxylic acids is 1. The first-order chi connectivity index (χ1) is 9.22. The molecule has 6 nitrogen and oxygen atoms in total. The van der Waals surface area contributed by atoms with Gasteiger partial charge in [0.25, 0.3) is 0 Å². The first-order valence-corrected chi connectivity index (χ1v) is 5.86. The van der Waals surface area contributed by atoms with E-state index >= 15 is 0 Å². The molecule has 0 unspecified atom stereocenters. The van der Waals surface area contributed by atoms with Crippen LogP contribution in [0.25, 0.3) is 11.1 Å². The summed E-state index contributed by atoms with van der Waals surface area (Å²) in [5.74, 6) is 0.513. The predicted molar refractivity (Wildman–Crippen MR) is 66.3 cm³/mol. The third-order valence-corrected chi connectivity index (χ3v) is 2.81. The second-order valence-corrected chi connectivity index (χ2v) is 4.18. The van der Waals surface area contributed by atoms with E-state index in [2.05, 4.69) is 5.10 Å². The summed E-state index contributed by atoms with van der Waals surface area (Å²) >= 11 is 0. The van der Waals surface area contributed by atoms with Crippen molar-refractivity contribution in [2.45, 2.75) is 6.54 Å². The maximum atomic E-state index is 10.6. The molecular formula is C13H12N2O4. The van der Waals surface area contributed by atoms with E-state index in [9.17, 15) is 4.79 Å². The van der Waals surface area contributed by atoms with Gasteiger partial charge >= 0.3 is 5.97 Å². The number of benzene rings is 1. The van der Waals surface area contributed by atoms with E-state index in [1.54, 1.807) is 12.4 Å². The minimum atomic E-state index is -0.920. The highest BCUT2D eigenvalue weighted by Gasteiger charge is 2.13. The summed E-state index contributed by atoms with van der Waals surface area (Å²) in [6, 6.07) is 5.62. The van der Waals surface area contributed by atoms with E-state index in [-0.39, 0.29) is 6.54 Å². The molecular weight excluding hydrogens is 248 g/mol. The summed E-state index contributed by atoms with van der Waals surface area (Å²) < 4.78 is 12.3. The molecule has 0 radical (unpaired) electrons. The maximum Gasteiger partial charge on any atom is 0.325 e. The van der Waals surface area contributed by atoms with E-state index in [4.69, 9.17) is 14.6 Å². The average molecular weight is 260 g/mol. The Kier molecular flexibility index (Phi) is 2.83. The van der Waals surface area contributed by atoms with Gasteiger partial charge in [0.15, 0.2) is 11.5 Å². The molecule has 0 aliphatic carbocycles. The Morgan fingerprint density at radius 1 is 1.26 bits per heavy atom. The number of hydrogen-bond acceptors (Lipinski definition) is 4. The molecule has 2 aromatic rings. The quantitative estimate of drug-likeness (QED) is 0.903. The van der Waals surface area contributed by atoms with Gasteiger partial charge in [-0.15, -0.1) is 0 Å². The summed E-state index contributed by atoms with van der Waals surface area (Å²) in [4.78, 5) is 10.6. The van der Waals surface area contributed by atoms with Crippen LogP contribution >= 0.6 is 0 Å². The van der Waals surface area contributed by atoms with Gasteiger partial charge in [0.1, 0.15) is 19.8 Å². The van der Waals surface area contributed by atoms with Gasteiger partial charge in [-0.25, -0.2) is 0 Å². The van der Waals surface area contributed by atoms with Crippen LogP contribution in [0.3, 0.4) is 0 Å². The molecule has 0 saturated carbocycles. The van der Waals surface area contributed by atoms with Crippen LogP contribution in [0.5, 0.6) is 11.5 Å². The summed E-state index contributed by atoms with van der Waals surface area (Å²) in [7, 11) is 0. The molecule has 19 heavy (non-hydrogen) atoms. The van der Waals surface area contributed by atoms with Crippen LogP contribution in [0.15, 0.2) is 30.6 Å². The first kappa shape index (κ1) is 11.6. The minimum Gasteiger partial charge on any atom is -0.486 e. The van der Waals surface area contributed by atoms with Gasteiger partial charge in [0, 0.05) is 11.8 Å². The van der Waals surface area contributed by atoms with E-state index < -0.39 is 5.97 Å². The second kappa shape index (κ2) is 4.64. The normalized spacial score (nSPS) is 13.3. The Morgan fingerprint density at radius 2 is 2.05 bits per heavy atom. The van der Waals surface area contributed by atoms with Crippen LogP contribution in [0.4, 0.5) is 0 Å². The van der Waals surface area contributed by atoms with Crippen molar-refractivity contribution in [2.24, 2.45) is 0 Å². The number of hydrogen-bond donors (Lipinski definition) is 1. The summed E-state index contributed by atoms with van der Waals surface area (Å²) in [5.41, 5.74) is 1.76. The summed E-state index contributed by atoms with van der Waals surface area (Å²) in [6.45, 7) is 0.947. The number of aliphatic carboxylic acids is 1. The number of rotatable bonds is 3. The molecule has 1 aromatic heterocycles. The molecule has 98 valence electrons. The second-order valence-electron chi connectivity index (χ2n) is 4.18. The number of aromatic nitrogens is 2. The lowest BCUT2D eigenvalue weighted by Gasteiger charge is -2.18. The van der Waals surface area contributed by atoms with Gasteiger partial charge in [-0.05, 0) is 17.7 Å². The molecule has 0 spiro atoms. The van der Waals surface area contributed by atoms with Crippen LogP contribution in [-0.4, -0.2) is 34.1 Å². The molecule has 0 atom stereocenters. The molecule has 1 aromatic carbocycles. The fourth-order valence-electron chi connectivity index (χ4n) is 1.96. The van der Waals surface area contributed by atoms with E-state index in [1.807, 2.05) is 18.2 Å². The largest absolute Gasteiger partial charge is 0.486 e. The highest BCUT2D eigenvalue weighted by atomic mass is 16.6. The van der Waals surface area contributed by atoms with Gasteiger partial charge in [0.05, 0.1) is 6.20 Å². The lowest BCUT2D eigenvalue weighted by Crippen LogP contribution is -2.15. The van der Waals surface area contributed by atoms with Crippen molar-refractivity contribution in [3.8, 4) is 22.6 Å². The van der Waals surface area contributed by atoms with Crippen LogP contribution < -0.4 is 9.47 Å². The molecule has 2 heterocycles. The summed E-state index contributed by atoms with van der Waals surface area (Å²) in [5, 5.41) is 12.7. The number of carboxylic acid groups (broad SMARTS) is 1. The SMILES string of the molecule is O=C(O)Cn1cc(-c2ccc3c(c2)OCCO3)cn1. The number of carbonyl (C=O) groups is 1. The molecule has 1 N–H and O–H groups in total. The predicted octanol–water partition coefficient (Wildman–Crippen LogP) is 1.41. The number of fused-ring (bicyclic) bond motifs is 1. The molecule has 0 amide bonds. The van der Waals surface area contributed by atoms with Crippen molar-refractivity contribution in [3.05, 3.63) is 30.6 Å². The van der Waals surface area contributed by atoms with Crippen molar-refractivity contribution in [3.63, 3.8) is 0 Å². The van der Waals surface area contributed by atoms with Crippen LogP contribution in [-0.2, 0) is 11.3 Å². The third-order valence-electron chi connectivity index (χ3n) is 2.81.